The molecular weight excluding hydrogens is 128 g/mol. The smallest absolute Gasteiger partial charge is 0.163 e. The van der Waals surface area contributed by atoms with E-state index in [-0.39, 0.29) is 0 Å². The molecule has 0 saturated heterocycles. The Hall–Kier alpha value is -0.0800. The molecule has 0 aromatic heterocycles. The van der Waals surface area contributed by atoms with Crippen LogP contribution in [-0.4, -0.2) is 12.4 Å². The first-order chi connectivity index (χ1) is 4.62. The van der Waals surface area contributed by atoms with Crippen LogP contribution in [-0.2, 0) is 9.47 Å². The molecule has 0 fully saturated rings. The summed E-state index contributed by atoms with van der Waals surface area (Å²) < 4.78 is 10.5. The fourth-order valence-electron chi connectivity index (χ4n) is 0.666. The maximum atomic E-state index is 5.37. The summed E-state index contributed by atoms with van der Waals surface area (Å²) in [7, 11) is 0. The van der Waals surface area contributed by atoms with E-state index in [0.717, 1.165) is 13.0 Å². The second-order valence-corrected chi connectivity index (χ2v) is 2.60. The summed E-state index contributed by atoms with van der Waals surface area (Å²) in [4.78, 5) is 0. The molecule has 0 N–H and O–H groups in total. The second-order valence-electron chi connectivity index (χ2n) is 2.60. The molecule has 61 valence electrons. The Morgan fingerprint density at radius 2 is 2.00 bits per heavy atom. The van der Waals surface area contributed by atoms with Gasteiger partial charge < -0.3 is 9.47 Å². The predicted octanol–water partition coefficient (Wildman–Crippen LogP) is 2.35. The molecule has 0 heterocycles. The monoisotopic (exact) mass is 145 g/mol. The van der Waals surface area contributed by atoms with Gasteiger partial charge in [-0.05, 0) is 27.2 Å². The van der Waals surface area contributed by atoms with Gasteiger partial charge in [-0.15, -0.1) is 0 Å². The Kier molecular flexibility index (Phi) is 4.65. The zero-order valence-electron chi connectivity index (χ0n) is 7.31. The lowest BCUT2D eigenvalue weighted by Gasteiger charge is -2.24. The Morgan fingerprint density at radius 3 is 2.40 bits per heavy atom. The van der Waals surface area contributed by atoms with Gasteiger partial charge in [0.1, 0.15) is 0 Å². The van der Waals surface area contributed by atoms with Crippen LogP contribution in [0, 0.1) is 6.61 Å². The Bertz CT molecular complexity index is 79.3. The highest BCUT2D eigenvalue weighted by molar-refractivity contribution is 4.55. The van der Waals surface area contributed by atoms with Crippen LogP contribution < -0.4 is 0 Å². The van der Waals surface area contributed by atoms with E-state index in [2.05, 4.69) is 6.92 Å². The van der Waals surface area contributed by atoms with Crippen LogP contribution in [0.5, 0.6) is 0 Å². The van der Waals surface area contributed by atoms with E-state index in [1.807, 2.05) is 20.8 Å². The lowest BCUT2D eigenvalue weighted by Crippen LogP contribution is -2.27. The van der Waals surface area contributed by atoms with E-state index >= 15 is 0 Å². The van der Waals surface area contributed by atoms with Crippen molar-refractivity contribution in [3.63, 3.8) is 0 Å². The molecule has 0 aromatic carbocycles. The molecule has 0 aliphatic rings. The average molecular weight is 145 g/mol. The van der Waals surface area contributed by atoms with E-state index in [1.54, 1.807) is 6.61 Å². The van der Waals surface area contributed by atoms with Gasteiger partial charge in [0.15, 0.2) is 5.79 Å². The minimum atomic E-state index is -0.454. The van der Waals surface area contributed by atoms with E-state index in [0.29, 0.717) is 0 Å². The number of rotatable bonds is 5. The summed E-state index contributed by atoms with van der Waals surface area (Å²) in [5.74, 6) is -0.454. The van der Waals surface area contributed by atoms with E-state index in [9.17, 15) is 0 Å². The minimum Gasteiger partial charge on any atom is -0.351 e. The first-order valence-electron chi connectivity index (χ1n) is 3.72. The summed E-state index contributed by atoms with van der Waals surface area (Å²) >= 11 is 0. The maximum Gasteiger partial charge on any atom is 0.163 e. The van der Waals surface area contributed by atoms with Gasteiger partial charge in [-0.1, -0.05) is 6.92 Å². The third-order valence-electron chi connectivity index (χ3n) is 1.06. The normalized spacial score (nSPS) is 12.0. The van der Waals surface area contributed by atoms with Gasteiger partial charge in [-0.25, -0.2) is 0 Å². The molecular formula is C8H17O2. The van der Waals surface area contributed by atoms with E-state index in [4.69, 9.17) is 9.47 Å². The van der Waals surface area contributed by atoms with Gasteiger partial charge >= 0.3 is 0 Å². The lowest BCUT2D eigenvalue weighted by molar-refractivity contribution is -0.193. The van der Waals surface area contributed by atoms with Crippen molar-refractivity contribution in [2.75, 3.05) is 6.61 Å². The molecule has 0 rings (SSSR count). The van der Waals surface area contributed by atoms with Crippen LogP contribution in [0.15, 0.2) is 0 Å². The lowest BCUT2D eigenvalue weighted by atomic mass is 10.4. The van der Waals surface area contributed by atoms with E-state index < -0.39 is 5.79 Å². The zero-order chi connectivity index (χ0) is 8.04. The van der Waals surface area contributed by atoms with Crippen molar-refractivity contribution >= 4 is 0 Å². The largest absolute Gasteiger partial charge is 0.351 e. The highest BCUT2D eigenvalue weighted by atomic mass is 16.7. The third-order valence-corrected chi connectivity index (χ3v) is 1.06. The van der Waals surface area contributed by atoms with Crippen LogP contribution in [0.3, 0.4) is 0 Å². The second kappa shape index (κ2) is 4.69. The first kappa shape index (κ1) is 9.92. The Labute approximate surface area is 63.5 Å². The topological polar surface area (TPSA) is 18.5 Å². The molecule has 0 bridgehead atoms. The molecule has 0 unspecified atom stereocenters. The Morgan fingerprint density at radius 1 is 1.40 bits per heavy atom. The quantitative estimate of drug-likeness (QED) is 0.553. The molecule has 0 aromatic rings. The third kappa shape index (κ3) is 4.77. The molecule has 0 spiro atoms. The fourth-order valence-corrected chi connectivity index (χ4v) is 0.666. The van der Waals surface area contributed by atoms with Crippen LogP contribution >= 0.6 is 0 Å². The van der Waals surface area contributed by atoms with Gasteiger partial charge in [0.25, 0.3) is 0 Å². The van der Waals surface area contributed by atoms with Crippen LogP contribution in [0.4, 0.5) is 0 Å². The van der Waals surface area contributed by atoms with Crippen molar-refractivity contribution in [2.45, 2.75) is 39.9 Å². The zero-order valence-corrected chi connectivity index (χ0v) is 7.31. The van der Waals surface area contributed by atoms with Crippen molar-refractivity contribution in [3.8, 4) is 0 Å². The van der Waals surface area contributed by atoms with Crippen molar-refractivity contribution in [1.29, 1.82) is 0 Å². The predicted molar refractivity (Wildman–Crippen MR) is 41.4 cm³/mol. The summed E-state index contributed by atoms with van der Waals surface area (Å²) in [5.41, 5.74) is 0. The summed E-state index contributed by atoms with van der Waals surface area (Å²) in [6.07, 6.45) is 1.02. The highest BCUT2D eigenvalue weighted by Crippen LogP contribution is 2.11. The first-order valence-corrected chi connectivity index (χ1v) is 3.72. The molecule has 0 aliphatic heterocycles. The molecule has 0 saturated carbocycles. The average Bonchev–Trinajstić information content (AvgIpc) is 1.84. The van der Waals surface area contributed by atoms with Gasteiger partial charge in [0.2, 0.25) is 0 Å². The number of hydrogen-bond donors (Lipinski definition) is 0. The summed E-state index contributed by atoms with van der Waals surface area (Å²) in [5, 5.41) is 0. The minimum absolute atomic E-state index is 0.454. The van der Waals surface area contributed by atoms with Gasteiger partial charge in [0.05, 0.1) is 6.61 Å². The van der Waals surface area contributed by atoms with Gasteiger partial charge in [-0.3, -0.25) is 0 Å². The summed E-state index contributed by atoms with van der Waals surface area (Å²) in [6, 6.07) is 0. The van der Waals surface area contributed by atoms with Gasteiger partial charge in [-0.2, -0.15) is 0 Å². The van der Waals surface area contributed by atoms with E-state index in [1.165, 1.54) is 0 Å². The fraction of sp³-hybridized carbons (Fsp3) is 0.875. The molecule has 10 heavy (non-hydrogen) atoms. The molecule has 0 atom stereocenters. The maximum absolute atomic E-state index is 5.37. The molecule has 1 radical (unpaired) electrons. The Balaban J connectivity index is 3.42. The van der Waals surface area contributed by atoms with Crippen molar-refractivity contribution in [3.05, 3.63) is 6.61 Å². The molecule has 2 heteroatoms. The summed E-state index contributed by atoms with van der Waals surface area (Å²) in [6.45, 7) is 10.1. The van der Waals surface area contributed by atoms with Crippen LogP contribution in [0.2, 0.25) is 0 Å². The number of ether oxygens (including phenoxy) is 2. The van der Waals surface area contributed by atoms with Crippen LogP contribution in [0.1, 0.15) is 34.1 Å². The molecule has 0 aliphatic carbocycles. The standard InChI is InChI=1S/C8H17O2/c1-5-7-10-8(3,4)9-6-2/h6H,5,7H2,1-4H3. The molecule has 2 nitrogen and oxygen atoms in total. The molecule has 0 amide bonds. The van der Waals surface area contributed by atoms with Crippen molar-refractivity contribution in [2.24, 2.45) is 0 Å². The van der Waals surface area contributed by atoms with Gasteiger partial charge in [0, 0.05) is 6.61 Å². The van der Waals surface area contributed by atoms with Crippen LogP contribution in [0.25, 0.3) is 0 Å². The number of hydrogen-bond acceptors (Lipinski definition) is 2. The highest BCUT2D eigenvalue weighted by Gasteiger charge is 2.16. The SMILES string of the molecule is C[CH]OC(C)(C)OCCC. The van der Waals surface area contributed by atoms with Crippen molar-refractivity contribution < 1.29 is 9.47 Å². The van der Waals surface area contributed by atoms with Crippen molar-refractivity contribution in [1.82, 2.24) is 0 Å².